The molecule has 1 aliphatic heterocycles. The molecule has 2 amide bonds. The number of likely N-dealkylation sites (tertiary alicyclic amines) is 1. The van der Waals surface area contributed by atoms with E-state index in [9.17, 15) is 19.2 Å². The van der Waals surface area contributed by atoms with Gasteiger partial charge in [0.15, 0.2) is 0 Å². The summed E-state index contributed by atoms with van der Waals surface area (Å²) >= 11 is 0. The Balaban J connectivity index is 1.91. The van der Waals surface area contributed by atoms with Crippen LogP contribution in [-0.4, -0.2) is 62.9 Å². The van der Waals surface area contributed by atoms with E-state index in [4.69, 9.17) is 0 Å². The molecule has 0 radical (unpaired) electrons. The molecule has 3 heterocycles. The van der Waals surface area contributed by atoms with Crippen LogP contribution in [0.4, 0.5) is 4.39 Å². The summed E-state index contributed by atoms with van der Waals surface area (Å²) in [4.78, 5) is 36.6. The van der Waals surface area contributed by atoms with E-state index in [2.05, 4.69) is 16.0 Å². The van der Waals surface area contributed by atoms with Crippen LogP contribution in [0, 0.1) is 24.2 Å². The maximum atomic E-state index is 14.6. The molecule has 30 heavy (non-hydrogen) atoms. The van der Waals surface area contributed by atoms with Gasteiger partial charge < -0.3 is 14.8 Å². The highest BCUT2D eigenvalue weighted by Gasteiger charge is 2.41. The molecule has 0 aliphatic carbocycles. The van der Waals surface area contributed by atoms with Crippen LogP contribution in [0.2, 0.25) is 0 Å². The summed E-state index contributed by atoms with van der Waals surface area (Å²) in [6.45, 7) is 7.03. The van der Waals surface area contributed by atoms with Gasteiger partial charge in [-0.15, -0.1) is 0 Å². The molecule has 0 aromatic carbocycles. The number of carbonyl (C=O) groups excluding carboxylic acids is 2. The molecule has 0 spiro atoms. The van der Waals surface area contributed by atoms with Crippen LogP contribution >= 0.6 is 0 Å². The molecular formula is C22H28FN5O2. The lowest BCUT2D eigenvalue weighted by molar-refractivity contribution is -0.137. The zero-order chi connectivity index (χ0) is 22.2. The number of amides is 2. The number of likely N-dealkylation sites (N-methyl/N-ethyl adjacent to an activating group) is 1. The van der Waals surface area contributed by atoms with Crippen LogP contribution in [0.5, 0.6) is 0 Å². The van der Waals surface area contributed by atoms with Gasteiger partial charge in [-0.2, -0.15) is 5.26 Å². The molecule has 3 rings (SSSR count). The summed E-state index contributed by atoms with van der Waals surface area (Å²) in [6.07, 6.45) is 0.424. The predicted octanol–water partition coefficient (Wildman–Crippen LogP) is 3.21. The molecule has 0 bridgehead atoms. The summed E-state index contributed by atoms with van der Waals surface area (Å²) in [5.74, 6) is -0.631. The molecule has 1 aliphatic rings. The van der Waals surface area contributed by atoms with Crippen molar-refractivity contribution in [3.05, 3.63) is 29.6 Å². The number of halogens is 1. The Hall–Kier alpha value is -2.95. The lowest BCUT2D eigenvalue weighted by Crippen LogP contribution is -2.52. The highest BCUT2D eigenvalue weighted by atomic mass is 19.1. The molecule has 1 saturated heterocycles. The quantitative estimate of drug-likeness (QED) is 0.815. The molecule has 1 N–H and O–H groups in total. The van der Waals surface area contributed by atoms with Crippen molar-refractivity contribution in [2.75, 3.05) is 13.6 Å². The maximum absolute atomic E-state index is 14.6. The number of nitrogens with zero attached hydrogens (tertiary/aromatic N) is 4. The van der Waals surface area contributed by atoms with E-state index in [-0.39, 0.29) is 18.0 Å². The van der Waals surface area contributed by atoms with Crippen molar-refractivity contribution in [3.63, 3.8) is 0 Å². The largest absolute Gasteiger partial charge is 0.335 e. The smallest absolute Gasteiger partial charge is 0.270 e. The molecule has 1 fully saturated rings. The normalized spacial score (nSPS) is 20.2. The molecule has 2 unspecified atom stereocenters. The zero-order valence-electron chi connectivity index (χ0n) is 18.1. The summed E-state index contributed by atoms with van der Waals surface area (Å²) in [6, 6.07) is 5.98. The first kappa shape index (κ1) is 21.8. The van der Waals surface area contributed by atoms with Crippen molar-refractivity contribution in [3.8, 4) is 6.07 Å². The second-order valence-corrected chi connectivity index (χ2v) is 8.90. The van der Waals surface area contributed by atoms with Crippen LogP contribution in [0.25, 0.3) is 11.0 Å². The first-order valence-corrected chi connectivity index (χ1v) is 10.1. The number of aryl methyl sites for hydroxylation is 1. The molecule has 3 atom stereocenters. The summed E-state index contributed by atoms with van der Waals surface area (Å²) < 4.78 is 14.6. The number of alkyl halides is 1. The fourth-order valence-corrected chi connectivity index (χ4v) is 4.00. The first-order chi connectivity index (χ1) is 14.0. The number of fused-ring (bicyclic) bond motifs is 1. The van der Waals surface area contributed by atoms with Gasteiger partial charge in [0.1, 0.15) is 29.1 Å². The monoisotopic (exact) mass is 413 g/mol. The van der Waals surface area contributed by atoms with E-state index in [0.717, 1.165) is 11.1 Å². The van der Waals surface area contributed by atoms with Gasteiger partial charge in [-0.05, 0) is 51.3 Å². The minimum absolute atomic E-state index is 0.158. The van der Waals surface area contributed by atoms with Gasteiger partial charge in [0.2, 0.25) is 5.91 Å². The predicted molar refractivity (Wildman–Crippen MR) is 111 cm³/mol. The minimum atomic E-state index is -1.67. The van der Waals surface area contributed by atoms with Crippen LogP contribution in [-0.2, 0) is 4.79 Å². The zero-order valence-corrected chi connectivity index (χ0v) is 18.1. The van der Waals surface area contributed by atoms with Crippen molar-refractivity contribution in [1.82, 2.24) is 19.8 Å². The van der Waals surface area contributed by atoms with Gasteiger partial charge in [-0.3, -0.25) is 9.59 Å². The lowest BCUT2D eigenvalue weighted by Gasteiger charge is -2.34. The van der Waals surface area contributed by atoms with Crippen molar-refractivity contribution >= 4 is 22.8 Å². The van der Waals surface area contributed by atoms with E-state index in [1.54, 1.807) is 6.07 Å². The van der Waals surface area contributed by atoms with Gasteiger partial charge in [0, 0.05) is 31.1 Å². The summed E-state index contributed by atoms with van der Waals surface area (Å²) in [5, 5.41) is 10.2. The third-order valence-electron chi connectivity index (χ3n) is 5.54. The first-order valence-electron chi connectivity index (χ1n) is 10.1. The van der Waals surface area contributed by atoms with Crippen LogP contribution in [0.15, 0.2) is 18.2 Å². The molecule has 160 valence electrons. The number of nitriles is 1. The van der Waals surface area contributed by atoms with Gasteiger partial charge >= 0.3 is 0 Å². The fourth-order valence-electron chi connectivity index (χ4n) is 4.00. The van der Waals surface area contributed by atoms with Gasteiger partial charge in [-0.25, -0.2) is 9.37 Å². The maximum Gasteiger partial charge on any atom is 0.270 e. The third-order valence-corrected chi connectivity index (χ3v) is 5.54. The van der Waals surface area contributed by atoms with Gasteiger partial charge in [-0.1, -0.05) is 6.92 Å². The molecule has 7 nitrogen and oxygen atoms in total. The number of H-pyrrole nitrogens is 1. The number of nitrogens with one attached hydrogen (secondary N) is 1. The number of rotatable bonds is 5. The second kappa shape index (κ2) is 8.05. The topological polar surface area (TPSA) is 93.1 Å². The molecule has 8 heteroatoms. The molecular weight excluding hydrogens is 385 g/mol. The Morgan fingerprint density at radius 1 is 1.47 bits per heavy atom. The van der Waals surface area contributed by atoms with Crippen molar-refractivity contribution in [2.45, 2.75) is 58.3 Å². The van der Waals surface area contributed by atoms with Crippen molar-refractivity contribution in [1.29, 1.82) is 5.26 Å². The number of hydrogen-bond donors (Lipinski definition) is 1. The summed E-state index contributed by atoms with van der Waals surface area (Å²) in [5.41, 5.74) is 0.0150. The van der Waals surface area contributed by atoms with Gasteiger partial charge in [0.05, 0.1) is 6.07 Å². The SMILES string of the molecule is Cc1ccc2cc(C(=O)N(C)C(CC(C)(C)F)C(=O)N3C[C@@H](C)CC3C#N)[nH]c2n1. The number of hydrogen-bond acceptors (Lipinski definition) is 4. The van der Waals surface area contributed by atoms with Gasteiger partial charge in [0.25, 0.3) is 5.91 Å². The Morgan fingerprint density at radius 2 is 2.17 bits per heavy atom. The van der Waals surface area contributed by atoms with E-state index in [0.29, 0.717) is 18.6 Å². The van der Waals surface area contributed by atoms with E-state index in [1.807, 2.05) is 26.0 Å². The van der Waals surface area contributed by atoms with E-state index >= 15 is 0 Å². The van der Waals surface area contributed by atoms with E-state index in [1.165, 1.54) is 30.7 Å². The van der Waals surface area contributed by atoms with Crippen molar-refractivity contribution in [2.24, 2.45) is 5.92 Å². The van der Waals surface area contributed by atoms with Crippen molar-refractivity contribution < 1.29 is 14.0 Å². The average molecular weight is 413 g/mol. The number of pyridine rings is 1. The average Bonchev–Trinajstić information content (AvgIpc) is 3.26. The van der Waals surface area contributed by atoms with Crippen LogP contribution in [0.1, 0.15) is 49.8 Å². The highest BCUT2D eigenvalue weighted by Crippen LogP contribution is 2.28. The number of carbonyl (C=O) groups is 2. The number of aromatic nitrogens is 2. The fraction of sp³-hybridized carbons (Fsp3) is 0.545. The Labute approximate surface area is 175 Å². The Morgan fingerprint density at radius 3 is 2.80 bits per heavy atom. The molecule has 0 saturated carbocycles. The summed E-state index contributed by atoms with van der Waals surface area (Å²) in [7, 11) is 1.50. The Kier molecular flexibility index (Phi) is 5.84. The second-order valence-electron chi connectivity index (χ2n) is 8.90. The number of aromatic amines is 1. The van der Waals surface area contributed by atoms with Crippen LogP contribution < -0.4 is 0 Å². The molecule has 2 aromatic rings. The minimum Gasteiger partial charge on any atom is -0.335 e. The molecule has 2 aromatic heterocycles. The highest BCUT2D eigenvalue weighted by molar-refractivity contribution is 5.99. The standard InChI is InChI=1S/C22H28FN5O2/c1-13-8-16(11-24)28(12-13)21(30)18(10-22(3,4)23)27(5)20(29)17-9-15-7-6-14(2)25-19(15)26-17/h6-7,9,13,16,18H,8,10,12H2,1-5H3,(H,25,26)/t13-,16?,18?/m0/s1. The third kappa shape index (κ3) is 4.45. The van der Waals surface area contributed by atoms with Crippen LogP contribution in [0.3, 0.4) is 0 Å². The van der Waals surface area contributed by atoms with E-state index < -0.39 is 29.6 Å². The Bertz CT molecular complexity index is 1000. The lowest BCUT2D eigenvalue weighted by atomic mass is 9.98.